The highest BCUT2D eigenvalue weighted by Crippen LogP contribution is 2.48. The highest BCUT2D eigenvalue weighted by Gasteiger charge is 2.47. The molecule has 0 aromatic heterocycles. The molecule has 2 unspecified atom stereocenters. The van der Waals surface area contributed by atoms with Crippen molar-refractivity contribution in [2.75, 3.05) is 13.2 Å². The van der Waals surface area contributed by atoms with Crippen molar-refractivity contribution in [1.82, 2.24) is 9.99 Å². The van der Waals surface area contributed by atoms with Gasteiger partial charge in [0.05, 0.1) is 24.6 Å². The molecule has 0 radical (unpaired) electrons. The van der Waals surface area contributed by atoms with Gasteiger partial charge in [0.1, 0.15) is 35.4 Å². The maximum atomic E-state index is 14.2. The highest BCUT2D eigenvalue weighted by atomic mass is 32.2. The van der Waals surface area contributed by atoms with Crippen LogP contribution in [0.4, 0.5) is 0 Å². The Morgan fingerprint density at radius 3 is 2.62 bits per heavy atom. The molecule has 228 valence electrons. The lowest BCUT2D eigenvalue weighted by atomic mass is 10.1. The van der Waals surface area contributed by atoms with Crippen molar-refractivity contribution in [3.63, 3.8) is 0 Å². The predicted octanol–water partition coefficient (Wildman–Crippen LogP) is 3.59. The Kier molecular flexibility index (Phi) is 10.7. The largest absolute Gasteiger partial charge is 0.464 e. The van der Waals surface area contributed by atoms with E-state index in [2.05, 4.69) is 21.7 Å². The molecular weight excluding hydrogens is 581 g/mol. The summed E-state index contributed by atoms with van der Waals surface area (Å²) in [4.78, 5) is 22.3. The van der Waals surface area contributed by atoms with E-state index in [1.165, 1.54) is 29.9 Å². The van der Waals surface area contributed by atoms with Gasteiger partial charge < -0.3 is 30.1 Å². The van der Waals surface area contributed by atoms with Gasteiger partial charge in [-0.2, -0.15) is 10.1 Å². The molecule has 6 atom stereocenters. The highest BCUT2D eigenvalue weighted by molar-refractivity contribution is 8.00. The zero-order valence-electron chi connectivity index (χ0n) is 23.8. The number of nitrogens with zero attached hydrogens (tertiary/aromatic N) is 3. The monoisotopic (exact) mass is 619 g/mol. The Morgan fingerprint density at radius 1 is 1.19 bits per heavy atom. The number of aliphatic hydroxyl groups excluding tert-OH is 2. The maximum Gasteiger partial charge on any atom is 0.459 e. The van der Waals surface area contributed by atoms with Crippen molar-refractivity contribution >= 4 is 48.5 Å². The second-order valence-electron chi connectivity index (χ2n) is 10.1. The van der Waals surface area contributed by atoms with Gasteiger partial charge in [-0.1, -0.05) is 69.7 Å². The summed E-state index contributed by atoms with van der Waals surface area (Å²) in [5.41, 5.74) is 5.62. The van der Waals surface area contributed by atoms with E-state index in [1.54, 1.807) is 12.1 Å². The van der Waals surface area contributed by atoms with E-state index in [-0.39, 0.29) is 36.7 Å². The minimum absolute atomic E-state index is 0.0271. The average Bonchev–Trinajstić information content (AvgIpc) is 3.25. The number of carbonyl (C=O) groups is 1. The number of esters is 1. The molecule has 0 spiro atoms. The molecule has 2 heterocycles. The first kappa shape index (κ1) is 32.0. The van der Waals surface area contributed by atoms with E-state index in [0.717, 1.165) is 18.2 Å². The van der Waals surface area contributed by atoms with Gasteiger partial charge in [0, 0.05) is 5.39 Å². The number of carbonyl (C=O) groups excluding carboxylic acids is 1. The van der Waals surface area contributed by atoms with Crippen molar-refractivity contribution in [1.29, 1.82) is 0 Å². The summed E-state index contributed by atoms with van der Waals surface area (Å²) in [5, 5.41) is 24.4. The van der Waals surface area contributed by atoms with E-state index >= 15 is 0 Å². The Balaban J connectivity index is 1.51. The second kappa shape index (κ2) is 14.0. The number of rotatable bonds is 13. The lowest BCUT2D eigenvalue weighted by molar-refractivity contribution is -0.146. The number of aliphatic hydroxyl groups is 2. The number of nitrogens with two attached hydrogens (primary N) is 1. The van der Waals surface area contributed by atoms with Crippen LogP contribution in [0.3, 0.4) is 0 Å². The third-order valence-electron chi connectivity index (χ3n) is 7.17. The minimum atomic E-state index is -4.24. The topological polar surface area (TPSA) is 168 Å². The number of thioether (sulfide) groups is 1. The Hall–Kier alpha value is -2.93. The summed E-state index contributed by atoms with van der Waals surface area (Å²) in [6.07, 6.45) is 0.626. The first-order valence-corrected chi connectivity index (χ1v) is 16.3. The third-order valence-corrected chi connectivity index (χ3v) is 10.3. The standard InChI is InChI=1S/C28H38N5O7PS/c1-5-19(6-2)14-38-27(36)17(3)32-41(37,40-22-13-9-11-20-10-7-8-12-21(20)22)39-15-23-24(34)25(35)26(42-23)33-16-30-28(29)31-18(33)4/h7-13,16-17,19,23-26,34-35H,4-6,14-15H2,1-3H3,(H2,29,31)(H,32,37)/t17-,23+,24-,25?,26+,41?/m0/s1. The summed E-state index contributed by atoms with van der Waals surface area (Å²) in [7, 11) is -4.24. The molecule has 4 rings (SSSR count). The number of hydrogen-bond acceptors (Lipinski definition) is 12. The average molecular weight is 620 g/mol. The number of benzene rings is 2. The molecule has 0 saturated carbocycles. The number of nitrogens with one attached hydrogen (secondary N) is 1. The maximum absolute atomic E-state index is 14.2. The van der Waals surface area contributed by atoms with Crippen LogP contribution in [0, 0.1) is 5.92 Å². The van der Waals surface area contributed by atoms with Gasteiger partial charge in [-0.25, -0.2) is 9.56 Å². The Labute approximate surface area is 249 Å². The molecule has 1 fully saturated rings. The van der Waals surface area contributed by atoms with Crippen LogP contribution in [0.25, 0.3) is 10.8 Å². The molecular formula is C28H38N5O7PS. The van der Waals surface area contributed by atoms with E-state index in [0.29, 0.717) is 5.39 Å². The molecule has 2 aromatic carbocycles. The number of guanidine groups is 1. The molecule has 2 aliphatic heterocycles. The number of ether oxygens (including phenoxy) is 1. The SMILES string of the molecule is C=C1N=C(N)N=CN1[C@@H]1S[C@H](COP(=O)(N[C@@H](C)C(=O)OCC(CC)CC)Oc2cccc3ccccc23)[C@H](O)C1O. The van der Waals surface area contributed by atoms with Crippen molar-refractivity contribution in [2.45, 2.75) is 62.5 Å². The first-order chi connectivity index (χ1) is 20.0. The van der Waals surface area contributed by atoms with Crippen LogP contribution in [0.5, 0.6) is 5.75 Å². The third kappa shape index (κ3) is 7.52. The van der Waals surface area contributed by atoms with Gasteiger partial charge in [-0.3, -0.25) is 9.32 Å². The van der Waals surface area contributed by atoms with Crippen molar-refractivity contribution < 1.29 is 33.4 Å². The molecule has 0 bridgehead atoms. The Morgan fingerprint density at radius 2 is 1.90 bits per heavy atom. The summed E-state index contributed by atoms with van der Waals surface area (Å²) in [6, 6.07) is 11.7. The lowest BCUT2D eigenvalue weighted by Crippen LogP contribution is -2.43. The van der Waals surface area contributed by atoms with Gasteiger partial charge in [0.2, 0.25) is 5.96 Å². The molecule has 2 aliphatic rings. The molecule has 2 aromatic rings. The van der Waals surface area contributed by atoms with Crippen molar-refractivity contribution in [3.05, 3.63) is 54.9 Å². The summed E-state index contributed by atoms with van der Waals surface area (Å²) in [5.74, 6) is 0.190. The van der Waals surface area contributed by atoms with E-state index in [9.17, 15) is 19.6 Å². The van der Waals surface area contributed by atoms with Crippen LogP contribution >= 0.6 is 19.5 Å². The van der Waals surface area contributed by atoms with Crippen LogP contribution in [-0.4, -0.2) is 75.5 Å². The van der Waals surface area contributed by atoms with Gasteiger partial charge in [0.25, 0.3) is 0 Å². The quantitative estimate of drug-likeness (QED) is 0.191. The molecule has 14 heteroatoms. The van der Waals surface area contributed by atoms with Crippen LogP contribution < -0.4 is 15.3 Å². The van der Waals surface area contributed by atoms with Crippen molar-refractivity contribution in [2.24, 2.45) is 21.6 Å². The fourth-order valence-corrected chi connectivity index (χ4v) is 7.61. The first-order valence-electron chi connectivity index (χ1n) is 13.8. The van der Waals surface area contributed by atoms with E-state index < -0.39 is 42.6 Å². The number of fused-ring (bicyclic) bond motifs is 1. The van der Waals surface area contributed by atoms with Crippen LogP contribution in [0.1, 0.15) is 33.6 Å². The van der Waals surface area contributed by atoms with Crippen molar-refractivity contribution in [3.8, 4) is 5.75 Å². The smallest absolute Gasteiger partial charge is 0.459 e. The molecule has 0 aliphatic carbocycles. The molecule has 42 heavy (non-hydrogen) atoms. The normalized spacial score (nSPS) is 24.5. The molecule has 12 nitrogen and oxygen atoms in total. The summed E-state index contributed by atoms with van der Waals surface area (Å²) >= 11 is 1.17. The van der Waals surface area contributed by atoms with E-state index in [4.69, 9.17) is 19.5 Å². The zero-order valence-corrected chi connectivity index (χ0v) is 25.5. The van der Waals surface area contributed by atoms with Crippen LogP contribution in [0.2, 0.25) is 0 Å². The number of aliphatic imine (C=N–C) groups is 2. The number of hydrogen-bond donors (Lipinski definition) is 4. The fourth-order valence-electron chi connectivity index (χ4n) is 4.52. The fraction of sp³-hybridized carbons (Fsp3) is 0.464. The zero-order chi connectivity index (χ0) is 30.4. The predicted molar refractivity (Wildman–Crippen MR) is 164 cm³/mol. The van der Waals surface area contributed by atoms with Gasteiger partial charge in [0.15, 0.2) is 0 Å². The minimum Gasteiger partial charge on any atom is -0.464 e. The Bertz CT molecular complexity index is 1380. The molecule has 0 amide bonds. The summed E-state index contributed by atoms with van der Waals surface area (Å²) < 4.78 is 31.5. The summed E-state index contributed by atoms with van der Waals surface area (Å²) in [6.45, 7) is 9.36. The van der Waals surface area contributed by atoms with E-state index in [1.807, 2.05) is 44.2 Å². The van der Waals surface area contributed by atoms with Crippen LogP contribution in [-0.2, 0) is 18.6 Å². The van der Waals surface area contributed by atoms with Gasteiger partial charge in [-0.05, 0) is 24.3 Å². The van der Waals surface area contributed by atoms with Crippen LogP contribution in [0.15, 0.2) is 64.8 Å². The molecule has 1 saturated heterocycles. The van der Waals surface area contributed by atoms with Gasteiger partial charge >= 0.3 is 13.7 Å². The molecule has 5 N–H and O–H groups in total. The lowest BCUT2D eigenvalue weighted by Gasteiger charge is -2.29. The van der Waals surface area contributed by atoms with Gasteiger partial charge in [-0.15, -0.1) is 11.8 Å². The second-order valence-corrected chi connectivity index (χ2v) is 13.2.